The van der Waals surface area contributed by atoms with Gasteiger partial charge in [0.2, 0.25) is 0 Å². The number of amides is 1. The third-order valence-electron chi connectivity index (χ3n) is 4.63. The van der Waals surface area contributed by atoms with Crippen molar-refractivity contribution in [3.8, 4) is 5.75 Å². The number of carbonyl (C=O) groups excluding carboxylic acids is 1. The largest absolute Gasteiger partial charge is 0.479 e. The molecule has 0 heterocycles. The highest BCUT2D eigenvalue weighted by Crippen LogP contribution is 2.29. The van der Waals surface area contributed by atoms with Crippen LogP contribution in [0.1, 0.15) is 23.6 Å². The smallest absolute Gasteiger partial charge is 0.344 e. The van der Waals surface area contributed by atoms with Gasteiger partial charge in [-0.2, -0.15) is 5.10 Å². The molecule has 3 aromatic rings. The van der Waals surface area contributed by atoms with Gasteiger partial charge in [0.05, 0.1) is 6.21 Å². The summed E-state index contributed by atoms with van der Waals surface area (Å²) < 4.78 is 5.27. The summed E-state index contributed by atoms with van der Waals surface area (Å²) in [4.78, 5) is 23.8. The predicted molar refractivity (Wildman–Crippen MR) is 116 cm³/mol. The van der Waals surface area contributed by atoms with E-state index in [-0.39, 0.29) is 0 Å². The molecule has 158 valence electrons. The third-order valence-corrected chi connectivity index (χ3v) is 4.63. The van der Waals surface area contributed by atoms with Crippen LogP contribution < -0.4 is 10.2 Å². The van der Waals surface area contributed by atoms with Crippen LogP contribution in [0.25, 0.3) is 0 Å². The molecule has 7 nitrogen and oxygen atoms in total. The monoisotopic (exact) mass is 418 g/mol. The van der Waals surface area contributed by atoms with Crippen LogP contribution in [0.4, 0.5) is 0 Å². The van der Waals surface area contributed by atoms with Gasteiger partial charge in [-0.1, -0.05) is 60.7 Å². The number of carboxylic acid groups (broad SMARTS) is 1. The molecule has 3 aromatic carbocycles. The molecule has 3 rings (SSSR count). The Bertz CT molecular complexity index is 1010. The zero-order valence-electron chi connectivity index (χ0n) is 16.8. The van der Waals surface area contributed by atoms with E-state index in [1.54, 1.807) is 84.9 Å². The van der Waals surface area contributed by atoms with Crippen molar-refractivity contribution >= 4 is 18.1 Å². The van der Waals surface area contributed by atoms with E-state index in [1.807, 2.05) is 0 Å². The third kappa shape index (κ3) is 5.15. The summed E-state index contributed by atoms with van der Waals surface area (Å²) in [5.74, 6) is -1.35. The van der Waals surface area contributed by atoms with E-state index in [2.05, 4.69) is 10.5 Å². The topological polar surface area (TPSA) is 108 Å². The number of nitrogens with one attached hydrogen (secondary N) is 1. The van der Waals surface area contributed by atoms with Crippen molar-refractivity contribution in [3.05, 3.63) is 102 Å². The predicted octanol–water partition coefficient (Wildman–Crippen LogP) is 2.92. The fourth-order valence-corrected chi connectivity index (χ4v) is 2.92. The van der Waals surface area contributed by atoms with Crippen LogP contribution >= 0.6 is 0 Å². The van der Waals surface area contributed by atoms with Gasteiger partial charge in [-0.05, 0) is 47.9 Å². The van der Waals surface area contributed by atoms with Gasteiger partial charge < -0.3 is 14.9 Å². The summed E-state index contributed by atoms with van der Waals surface area (Å²) in [6, 6.07) is 23.8. The second kappa shape index (κ2) is 9.69. The summed E-state index contributed by atoms with van der Waals surface area (Å²) in [7, 11) is 0. The maximum atomic E-state index is 12.9. The first kappa shape index (κ1) is 21.7. The van der Waals surface area contributed by atoms with E-state index < -0.39 is 23.6 Å². The summed E-state index contributed by atoms with van der Waals surface area (Å²) >= 11 is 0. The number of aliphatic carboxylic acids is 1. The number of carbonyl (C=O) groups is 2. The van der Waals surface area contributed by atoms with Crippen LogP contribution in [0.3, 0.4) is 0 Å². The molecule has 1 amide bonds. The molecule has 0 aliphatic heterocycles. The molecule has 31 heavy (non-hydrogen) atoms. The fourth-order valence-electron chi connectivity index (χ4n) is 2.92. The van der Waals surface area contributed by atoms with Gasteiger partial charge in [0.1, 0.15) is 5.75 Å². The molecule has 0 fully saturated rings. The highest BCUT2D eigenvalue weighted by molar-refractivity contribution is 5.91. The first-order chi connectivity index (χ1) is 14.9. The zero-order chi connectivity index (χ0) is 22.3. The number of hydrogen-bond donors (Lipinski definition) is 3. The van der Waals surface area contributed by atoms with E-state index in [0.29, 0.717) is 22.4 Å². The number of nitrogens with zero attached hydrogens (tertiary/aromatic N) is 1. The fraction of sp³-hybridized carbons (Fsp3) is 0.125. The lowest BCUT2D eigenvalue weighted by Crippen LogP contribution is -2.43. The van der Waals surface area contributed by atoms with Crippen LogP contribution in [0.2, 0.25) is 0 Å². The molecule has 0 radical (unpaired) electrons. The van der Waals surface area contributed by atoms with Crippen molar-refractivity contribution in [1.29, 1.82) is 0 Å². The SMILES string of the molecule is C[C@H](Oc1ccc(/C=N\NC(=O)C(O)(c2ccccc2)c2ccccc2)cc1)C(=O)O. The molecule has 0 aliphatic rings. The lowest BCUT2D eigenvalue weighted by Gasteiger charge is -2.27. The maximum Gasteiger partial charge on any atom is 0.344 e. The van der Waals surface area contributed by atoms with E-state index in [0.717, 1.165) is 0 Å². The summed E-state index contributed by atoms with van der Waals surface area (Å²) in [5.41, 5.74) is 1.98. The highest BCUT2D eigenvalue weighted by atomic mass is 16.5. The van der Waals surface area contributed by atoms with Crippen molar-refractivity contribution in [2.45, 2.75) is 18.6 Å². The van der Waals surface area contributed by atoms with Gasteiger partial charge in [-0.3, -0.25) is 4.79 Å². The van der Waals surface area contributed by atoms with Crippen molar-refractivity contribution in [2.75, 3.05) is 0 Å². The van der Waals surface area contributed by atoms with E-state index >= 15 is 0 Å². The quantitative estimate of drug-likeness (QED) is 0.385. The Labute approximate surface area is 179 Å². The minimum atomic E-state index is -1.91. The molecular formula is C24H22N2O5. The number of ether oxygens (including phenoxy) is 1. The molecular weight excluding hydrogens is 396 g/mol. The summed E-state index contributed by atoms with van der Waals surface area (Å²) in [6.07, 6.45) is 0.450. The Morgan fingerprint density at radius 3 is 1.94 bits per heavy atom. The first-order valence-electron chi connectivity index (χ1n) is 9.57. The molecule has 3 N–H and O–H groups in total. The Kier molecular flexibility index (Phi) is 6.79. The van der Waals surface area contributed by atoms with Gasteiger partial charge in [0.25, 0.3) is 5.91 Å². The van der Waals surface area contributed by atoms with Gasteiger partial charge in [0, 0.05) is 0 Å². The van der Waals surface area contributed by atoms with E-state index in [1.165, 1.54) is 13.1 Å². The maximum absolute atomic E-state index is 12.9. The van der Waals surface area contributed by atoms with Crippen LogP contribution in [0.15, 0.2) is 90.0 Å². The highest BCUT2D eigenvalue weighted by Gasteiger charge is 2.39. The van der Waals surface area contributed by atoms with Crippen molar-refractivity contribution in [3.63, 3.8) is 0 Å². The lowest BCUT2D eigenvalue weighted by molar-refractivity contribution is -0.144. The van der Waals surface area contributed by atoms with E-state index in [4.69, 9.17) is 9.84 Å². The Morgan fingerprint density at radius 2 is 1.45 bits per heavy atom. The number of hydrogen-bond acceptors (Lipinski definition) is 5. The summed E-state index contributed by atoms with van der Waals surface area (Å²) in [6.45, 7) is 1.44. The number of benzene rings is 3. The minimum Gasteiger partial charge on any atom is -0.479 e. The zero-order valence-corrected chi connectivity index (χ0v) is 16.8. The standard InChI is InChI=1S/C24H22N2O5/c1-17(22(27)28)31-21-14-12-18(13-15-21)16-25-26-23(29)24(30,19-8-4-2-5-9-19)20-10-6-3-7-11-20/h2-17,30H,1H3,(H,26,29)(H,27,28)/b25-16-/t17-/m0/s1. The molecule has 0 spiro atoms. The molecule has 0 saturated heterocycles. The van der Waals surface area contributed by atoms with Crippen molar-refractivity contribution < 1.29 is 24.5 Å². The minimum absolute atomic E-state index is 0.401. The van der Waals surface area contributed by atoms with Gasteiger partial charge in [-0.15, -0.1) is 0 Å². The van der Waals surface area contributed by atoms with E-state index in [9.17, 15) is 14.7 Å². The van der Waals surface area contributed by atoms with Crippen molar-refractivity contribution in [2.24, 2.45) is 5.10 Å². The summed E-state index contributed by atoms with van der Waals surface area (Å²) in [5, 5.41) is 24.2. The first-order valence-corrected chi connectivity index (χ1v) is 9.57. The molecule has 0 unspecified atom stereocenters. The lowest BCUT2D eigenvalue weighted by atomic mass is 9.85. The van der Waals surface area contributed by atoms with Gasteiger partial charge in [0.15, 0.2) is 11.7 Å². The average molecular weight is 418 g/mol. The molecule has 0 aliphatic carbocycles. The molecule has 7 heteroatoms. The van der Waals surface area contributed by atoms with Crippen LogP contribution in [-0.4, -0.2) is 34.4 Å². The normalized spacial score (nSPS) is 12.3. The van der Waals surface area contributed by atoms with Crippen LogP contribution in [0, 0.1) is 0 Å². The number of rotatable bonds is 8. The molecule has 0 bridgehead atoms. The number of carboxylic acids is 1. The van der Waals surface area contributed by atoms with Crippen molar-refractivity contribution in [1.82, 2.24) is 5.43 Å². The van der Waals surface area contributed by atoms with Gasteiger partial charge >= 0.3 is 5.97 Å². The second-order valence-corrected chi connectivity index (χ2v) is 6.81. The molecule has 1 atom stereocenters. The van der Waals surface area contributed by atoms with Gasteiger partial charge in [-0.25, -0.2) is 10.2 Å². The number of aliphatic hydroxyl groups is 1. The Balaban J connectivity index is 1.74. The Hall–Kier alpha value is -3.97. The molecule has 0 saturated carbocycles. The second-order valence-electron chi connectivity index (χ2n) is 6.81. The van der Waals surface area contributed by atoms with Crippen LogP contribution in [0.5, 0.6) is 5.75 Å². The average Bonchev–Trinajstić information content (AvgIpc) is 2.80. The number of hydrazone groups is 1. The molecule has 0 aromatic heterocycles. The van der Waals surface area contributed by atoms with Crippen LogP contribution in [-0.2, 0) is 15.2 Å². The Morgan fingerprint density at radius 1 is 0.935 bits per heavy atom.